The summed E-state index contributed by atoms with van der Waals surface area (Å²) >= 11 is 0. The van der Waals surface area contributed by atoms with Gasteiger partial charge in [0.15, 0.2) is 0 Å². The van der Waals surface area contributed by atoms with Gasteiger partial charge in [0, 0.05) is 17.1 Å². The van der Waals surface area contributed by atoms with Crippen LogP contribution in [0.5, 0.6) is 0 Å². The molecular weight excluding hydrogens is 398 g/mol. The molecule has 0 aliphatic heterocycles. The van der Waals surface area contributed by atoms with Gasteiger partial charge >= 0.3 is 0 Å². The third-order valence-corrected chi connectivity index (χ3v) is 6.86. The summed E-state index contributed by atoms with van der Waals surface area (Å²) in [6.45, 7) is 3.75. The third kappa shape index (κ3) is 3.91. The molecule has 1 aliphatic rings. The van der Waals surface area contributed by atoms with Gasteiger partial charge in [-0.15, -0.1) is 4.83 Å². The molecule has 4 rings (SSSR count). The quantitative estimate of drug-likeness (QED) is 0.616. The lowest BCUT2D eigenvalue weighted by Crippen LogP contribution is -2.41. The zero-order valence-corrected chi connectivity index (χ0v) is 17.9. The molecule has 6 nitrogen and oxygen atoms in total. The first-order valence-electron chi connectivity index (χ1n) is 10.0. The van der Waals surface area contributed by atoms with E-state index in [1.54, 1.807) is 18.2 Å². The molecule has 1 heterocycles. The van der Waals surface area contributed by atoms with Gasteiger partial charge in [-0.3, -0.25) is 10.2 Å². The van der Waals surface area contributed by atoms with Crippen molar-refractivity contribution in [2.45, 2.75) is 44.4 Å². The Labute approximate surface area is 177 Å². The summed E-state index contributed by atoms with van der Waals surface area (Å²) in [4.78, 5) is 15.1. The number of nitrogens with zero attached hydrogens (tertiary/aromatic N) is 1. The second-order valence-electron chi connectivity index (χ2n) is 7.65. The lowest BCUT2D eigenvalue weighted by molar-refractivity contribution is 0.0944. The molecule has 1 amide bonds. The number of hydrogen-bond donors (Lipinski definition) is 2. The maximum atomic E-state index is 12.7. The molecule has 0 atom stereocenters. The Kier molecular flexibility index (Phi) is 5.49. The molecule has 0 unspecified atom stereocenters. The molecule has 7 heteroatoms. The maximum Gasteiger partial charge on any atom is 0.268 e. The molecular formula is C23H25N3O3S. The number of benzene rings is 2. The van der Waals surface area contributed by atoms with Crippen LogP contribution in [0.15, 0.2) is 59.5 Å². The summed E-state index contributed by atoms with van der Waals surface area (Å²) in [5.41, 5.74) is 7.63. The highest BCUT2D eigenvalue weighted by Crippen LogP contribution is 2.24. The predicted molar refractivity (Wildman–Crippen MR) is 116 cm³/mol. The van der Waals surface area contributed by atoms with Crippen molar-refractivity contribution >= 4 is 15.9 Å². The van der Waals surface area contributed by atoms with Crippen LogP contribution in [-0.4, -0.2) is 18.9 Å². The Balaban J connectivity index is 1.52. The van der Waals surface area contributed by atoms with Gasteiger partial charge in [0.05, 0.1) is 10.5 Å². The molecule has 30 heavy (non-hydrogen) atoms. The molecule has 0 spiro atoms. The first-order chi connectivity index (χ1) is 14.4. The average molecular weight is 424 g/mol. The molecule has 1 aliphatic carbocycles. The number of amides is 1. The van der Waals surface area contributed by atoms with Crippen LogP contribution in [0.25, 0.3) is 5.69 Å². The van der Waals surface area contributed by atoms with E-state index in [0.717, 1.165) is 48.3 Å². The molecule has 156 valence electrons. The van der Waals surface area contributed by atoms with Gasteiger partial charge in [0.2, 0.25) is 0 Å². The fourth-order valence-corrected chi connectivity index (χ4v) is 4.97. The van der Waals surface area contributed by atoms with E-state index in [4.69, 9.17) is 0 Å². The van der Waals surface area contributed by atoms with Crippen molar-refractivity contribution in [3.8, 4) is 5.69 Å². The lowest BCUT2D eigenvalue weighted by Gasteiger charge is -2.17. The number of nitrogens with one attached hydrogen (secondary N) is 2. The van der Waals surface area contributed by atoms with E-state index in [2.05, 4.69) is 10.3 Å². The third-order valence-electron chi connectivity index (χ3n) is 5.62. The number of aromatic nitrogens is 1. The van der Waals surface area contributed by atoms with Crippen molar-refractivity contribution in [3.05, 3.63) is 82.7 Å². The summed E-state index contributed by atoms with van der Waals surface area (Å²) in [7, 11) is -3.85. The second kappa shape index (κ2) is 8.08. The number of carbonyl (C=O) groups excluding carboxylic acids is 1. The van der Waals surface area contributed by atoms with Crippen LogP contribution in [0.1, 0.15) is 45.7 Å². The monoisotopic (exact) mass is 423 g/mol. The van der Waals surface area contributed by atoms with Gasteiger partial charge in [0.25, 0.3) is 15.9 Å². The average Bonchev–Trinajstić information content (AvgIpc) is 3.06. The normalized spacial score (nSPS) is 13.7. The predicted octanol–water partition coefficient (Wildman–Crippen LogP) is 3.60. The van der Waals surface area contributed by atoms with E-state index in [1.165, 1.54) is 5.56 Å². The minimum Gasteiger partial charge on any atom is -0.318 e. The molecule has 0 radical (unpaired) electrons. The Hall–Kier alpha value is -2.90. The van der Waals surface area contributed by atoms with Crippen molar-refractivity contribution in [3.63, 3.8) is 0 Å². The minimum atomic E-state index is -3.85. The van der Waals surface area contributed by atoms with E-state index in [0.29, 0.717) is 5.56 Å². The SMILES string of the molecule is Cc1cc(C(=O)NNS(=O)(=O)c2ccc3c(c2)CCCC3)c(C)n1-c1ccccc1. The van der Waals surface area contributed by atoms with E-state index < -0.39 is 15.9 Å². The summed E-state index contributed by atoms with van der Waals surface area (Å²) in [6.07, 6.45) is 4.07. The number of para-hydroxylation sites is 1. The van der Waals surface area contributed by atoms with E-state index >= 15 is 0 Å². The van der Waals surface area contributed by atoms with Gasteiger partial charge in [-0.2, -0.15) is 0 Å². The molecule has 0 fully saturated rings. The van der Waals surface area contributed by atoms with Crippen molar-refractivity contribution < 1.29 is 13.2 Å². The number of fused-ring (bicyclic) bond motifs is 1. The maximum absolute atomic E-state index is 12.7. The van der Waals surface area contributed by atoms with E-state index in [9.17, 15) is 13.2 Å². The van der Waals surface area contributed by atoms with Gasteiger partial charge in [-0.1, -0.05) is 24.3 Å². The smallest absolute Gasteiger partial charge is 0.268 e. The second-order valence-corrected chi connectivity index (χ2v) is 9.34. The highest BCUT2D eigenvalue weighted by Gasteiger charge is 2.21. The van der Waals surface area contributed by atoms with Crippen LogP contribution < -0.4 is 10.3 Å². The lowest BCUT2D eigenvalue weighted by atomic mass is 9.92. The Morgan fingerprint density at radius 2 is 1.63 bits per heavy atom. The molecule has 3 aromatic rings. The number of hydrogen-bond acceptors (Lipinski definition) is 3. The van der Waals surface area contributed by atoms with Crippen molar-refractivity contribution in [2.24, 2.45) is 0 Å². The van der Waals surface area contributed by atoms with Crippen LogP contribution in [0, 0.1) is 13.8 Å². The summed E-state index contributed by atoms with van der Waals surface area (Å²) in [5, 5.41) is 0. The number of rotatable bonds is 5. The first kappa shape index (κ1) is 20.4. The Morgan fingerprint density at radius 1 is 0.933 bits per heavy atom. The van der Waals surface area contributed by atoms with Crippen LogP contribution in [0.3, 0.4) is 0 Å². The Bertz CT molecular complexity index is 1200. The summed E-state index contributed by atoms with van der Waals surface area (Å²) < 4.78 is 27.4. The zero-order valence-electron chi connectivity index (χ0n) is 17.1. The molecule has 1 aromatic heterocycles. The van der Waals surface area contributed by atoms with Crippen molar-refractivity contribution in [2.75, 3.05) is 0 Å². The number of sulfonamides is 1. The largest absolute Gasteiger partial charge is 0.318 e. The molecule has 0 saturated heterocycles. The highest BCUT2D eigenvalue weighted by molar-refractivity contribution is 7.89. The first-order valence-corrected chi connectivity index (χ1v) is 11.5. The summed E-state index contributed by atoms with van der Waals surface area (Å²) in [6, 6.07) is 16.6. The van der Waals surface area contributed by atoms with Crippen molar-refractivity contribution in [1.82, 2.24) is 14.8 Å². The van der Waals surface area contributed by atoms with Crippen LogP contribution in [-0.2, 0) is 22.9 Å². The fourth-order valence-electron chi connectivity index (χ4n) is 4.08. The number of carbonyl (C=O) groups is 1. The van der Waals surface area contributed by atoms with Crippen LogP contribution in [0.4, 0.5) is 0 Å². The highest BCUT2D eigenvalue weighted by atomic mass is 32.2. The van der Waals surface area contributed by atoms with Gasteiger partial charge in [-0.05, 0) is 81.0 Å². The van der Waals surface area contributed by atoms with Gasteiger partial charge in [-0.25, -0.2) is 8.42 Å². The van der Waals surface area contributed by atoms with Crippen LogP contribution >= 0.6 is 0 Å². The van der Waals surface area contributed by atoms with Gasteiger partial charge < -0.3 is 4.57 Å². The van der Waals surface area contributed by atoms with Gasteiger partial charge in [0.1, 0.15) is 0 Å². The van der Waals surface area contributed by atoms with E-state index in [1.807, 2.05) is 54.8 Å². The molecule has 2 N–H and O–H groups in total. The number of aryl methyl sites for hydroxylation is 3. The molecule has 0 bridgehead atoms. The van der Waals surface area contributed by atoms with Crippen molar-refractivity contribution in [1.29, 1.82) is 0 Å². The Morgan fingerprint density at radius 3 is 2.37 bits per heavy atom. The minimum absolute atomic E-state index is 0.165. The fraction of sp³-hybridized carbons (Fsp3) is 0.261. The summed E-state index contributed by atoms with van der Waals surface area (Å²) in [5.74, 6) is -0.494. The standard InChI is InChI=1S/C23H25N3O3S/c1-16-14-22(17(2)26(16)20-10-4-3-5-11-20)23(27)24-25-30(28,29)21-13-12-18-8-6-7-9-19(18)15-21/h3-5,10-15,25H,6-9H2,1-2H3,(H,24,27). The topological polar surface area (TPSA) is 80.2 Å². The number of hydrazine groups is 1. The zero-order chi connectivity index (χ0) is 21.3. The molecule has 2 aromatic carbocycles. The van der Waals surface area contributed by atoms with E-state index in [-0.39, 0.29) is 4.90 Å². The van der Waals surface area contributed by atoms with Crippen LogP contribution in [0.2, 0.25) is 0 Å². The molecule has 0 saturated carbocycles.